The Bertz CT molecular complexity index is 816. The van der Waals surface area contributed by atoms with Crippen LogP contribution in [0.3, 0.4) is 0 Å². The summed E-state index contributed by atoms with van der Waals surface area (Å²) in [6.07, 6.45) is 3.31. The highest BCUT2D eigenvalue weighted by Gasteiger charge is 2.19. The van der Waals surface area contributed by atoms with Crippen LogP contribution in [0.2, 0.25) is 0 Å². The number of para-hydroxylation sites is 1. The number of rotatable bonds is 5. The molecule has 0 aliphatic carbocycles. The molecule has 0 atom stereocenters. The van der Waals surface area contributed by atoms with E-state index >= 15 is 0 Å². The van der Waals surface area contributed by atoms with Crippen LogP contribution in [0.4, 0.5) is 5.69 Å². The Kier molecular flexibility index (Phi) is 5.90. The van der Waals surface area contributed by atoms with Crippen molar-refractivity contribution < 1.29 is 14.3 Å². The SMILES string of the molecule is COc1ccccc1CNC(=O)c1cncc(N2CCN(C(C)=O)CC2)c1. The molecular weight excluding hydrogens is 344 g/mol. The number of anilines is 1. The Hall–Kier alpha value is -3.09. The molecule has 1 saturated heterocycles. The summed E-state index contributed by atoms with van der Waals surface area (Å²) in [4.78, 5) is 32.2. The Labute approximate surface area is 158 Å². The highest BCUT2D eigenvalue weighted by molar-refractivity contribution is 5.94. The summed E-state index contributed by atoms with van der Waals surface area (Å²) >= 11 is 0. The molecule has 0 unspecified atom stereocenters. The molecule has 142 valence electrons. The smallest absolute Gasteiger partial charge is 0.253 e. The standard InChI is InChI=1S/C20H24N4O3/c1-15(25)23-7-9-24(10-8-23)18-11-17(12-21-14-18)20(26)22-13-16-5-3-4-6-19(16)27-2/h3-6,11-12,14H,7-10,13H2,1-2H3,(H,22,26). The van der Waals surface area contributed by atoms with E-state index in [0.29, 0.717) is 25.2 Å². The molecule has 0 spiro atoms. The highest BCUT2D eigenvalue weighted by Crippen LogP contribution is 2.19. The molecule has 1 N–H and O–H groups in total. The number of carbonyl (C=O) groups excluding carboxylic acids is 2. The van der Waals surface area contributed by atoms with Crippen LogP contribution in [-0.4, -0.2) is 55.0 Å². The van der Waals surface area contributed by atoms with Crippen LogP contribution in [0, 0.1) is 0 Å². The maximum atomic E-state index is 12.5. The van der Waals surface area contributed by atoms with Crippen molar-refractivity contribution in [2.75, 3.05) is 38.2 Å². The third kappa shape index (κ3) is 4.55. The van der Waals surface area contributed by atoms with Crippen LogP contribution in [0.15, 0.2) is 42.7 Å². The van der Waals surface area contributed by atoms with Crippen LogP contribution in [-0.2, 0) is 11.3 Å². The zero-order valence-electron chi connectivity index (χ0n) is 15.6. The zero-order valence-corrected chi connectivity index (χ0v) is 15.6. The summed E-state index contributed by atoms with van der Waals surface area (Å²) in [6.45, 7) is 4.79. The predicted octanol–water partition coefficient (Wildman–Crippen LogP) is 1.69. The van der Waals surface area contributed by atoms with E-state index in [1.165, 1.54) is 0 Å². The minimum absolute atomic E-state index is 0.0947. The number of benzene rings is 1. The summed E-state index contributed by atoms with van der Waals surface area (Å²) in [6, 6.07) is 9.43. The molecule has 0 saturated carbocycles. The minimum Gasteiger partial charge on any atom is -0.496 e. The monoisotopic (exact) mass is 368 g/mol. The zero-order chi connectivity index (χ0) is 19.2. The number of nitrogens with zero attached hydrogens (tertiary/aromatic N) is 3. The summed E-state index contributed by atoms with van der Waals surface area (Å²) < 4.78 is 5.31. The van der Waals surface area contributed by atoms with Gasteiger partial charge in [0.25, 0.3) is 5.91 Å². The van der Waals surface area contributed by atoms with Crippen LogP contribution < -0.4 is 15.0 Å². The Morgan fingerprint density at radius 1 is 1.15 bits per heavy atom. The first-order chi connectivity index (χ1) is 13.1. The van der Waals surface area contributed by atoms with Gasteiger partial charge in [0.15, 0.2) is 0 Å². The lowest BCUT2D eigenvalue weighted by Crippen LogP contribution is -2.48. The quantitative estimate of drug-likeness (QED) is 0.869. The first-order valence-corrected chi connectivity index (χ1v) is 8.94. The van der Waals surface area contributed by atoms with Crippen molar-refractivity contribution in [2.45, 2.75) is 13.5 Å². The van der Waals surface area contributed by atoms with Gasteiger partial charge < -0.3 is 19.9 Å². The van der Waals surface area contributed by atoms with E-state index in [1.807, 2.05) is 35.2 Å². The van der Waals surface area contributed by atoms with Gasteiger partial charge in [-0.15, -0.1) is 0 Å². The van der Waals surface area contributed by atoms with Gasteiger partial charge in [-0.2, -0.15) is 0 Å². The fraction of sp³-hybridized carbons (Fsp3) is 0.350. The molecule has 1 aromatic heterocycles. The lowest BCUT2D eigenvalue weighted by atomic mass is 10.2. The largest absolute Gasteiger partial charge is 0.496 e. The second kappa shape index (κ2) is 8.53. The number of carbonyl (C=O) groups is 2. The summed E-state index contributed by atoms with van der Waals surface area (Å²) in [7, 11) is 1.61. The van der Waals surface area contributed by atoms with Crippen molar-refractivity contribution in [3.63, 3.8) is 0 Å². The van der Waals surface area contributed by atoms with Gasteiger partial charge in [0.1, 0.15) is 5.75 Å². The average molecular weight is 368 g/mol. The van der Waals surface area contributed by atoms with E-state index in [0.717, 1.165) is 30.1 Å². The summed E-state index contributed by atoms with van der Waals surface area (Å²) in [5.41, 5.74) is 2.32. The van der Waals surface area contributed by atoms with Gasteiger partial charge in [-0.1, -0.05) is 18.2 Å². The molecule has 7 nitrogen and oxygen atoms in total. The van der Waals surface area contributed by atoms with Gasteiger partial charge in [0.05, 0.1) is 24.6 Å². The van der Waals surface area contributed by atoms with Crippen LogP contribution >= 0.6 is 0 Å². The van der Waals surface area contributed by atoms with E-state index in [4.69, 9.17) is 4.74 Å². The molecule has 3 rings (SSSR count). The normalized spacial score (nSPS) is 14.0. The number of amides is 2. The fourth-order valence-corrected chi connectivity index (χ4v) is 3.13. The highest BCUT2D eigenvalue weighted by atomic mass is 16.5. The molecule has 1 fully saturated rings. The molecule has 2 heterocycles. The van der Waals surface area contributed by atoms with Gasteiger partial charge in [-0.05, 0) is 12.1 Å². The first kappa shape index (κ1) is 18.7. The van der Waals surface area contributed by atoms with Crippen molar-refractivity contribution in [1.29, 1.82) is 0 Å². The van der Waals surface area contributed by atoms with Crippen molar-refractivity contribution in [3.8, 4) is 5.75 Å². The predicted molar refractivity (Wildman–Crippen MR) is 103 cm³/mol. The van der Waals surface area contributed by atoms with E-state index in [-0.39, 0.29) is 11.8 Å². The average Bonchev–Trinajstić information content (AvgIpc) is 2.72. The Balaban J connectivity index is 1.63. The molecule has 1 aliphatic heterocycles. The molecule has 27 heavy (non-hydrogen) atoms. The Morgan fingerprint density at radius 2 is 1.89 bits per heavy atom. The van der Waals surface area contributed by atoms with Crippen LogP contribution in [0.25, 0.3) is 0 Å². The summed E-state index contributed by atoms with van der Waals surface area (Å²) in [5.74, 6) is 0.655. The molecule has 0 radical (unpaired) electrons. The van der Waals surface area contributed by atoms with Crippen molar-refractivity contribution in [3.05, 3.63) is 53.9 Å². The third-order valence-corrected chi connectivity index (χ3v) is 4.71. The molecular formula is C20H24N4O3. The number of aromatic nitrogens is 1. The molecule has 2 amide bonds. The number of methoxy groups -OCH3 is 1. The Morgan fingerprint density at radius 3 is 2.59 bits per heavy atom. The lowest BCUT2D eigenvalue weighted by molar-refractivity contribution is -0.129. The van der Waals surface area contributed by atoms with E-state index in [1.54, 1.807) is 26.4 Å². The van der Waals surface area contributed by atoms with Crippen molar-refractivity contribution >= 4 is 17.5 Å². The first-order valence-electron chi connectivity index (χ1n) is 8.94. The second-order valence-corrected chi connectivity index (χ2v) is 6.42. The van der Waals surface area contributed by atoms with Crippen LogP contribution in [0.5, 0.6) is 5.75 Å². The molecule has 2 aromatic rings. The van der Waals surface area contributed by atoms with Crippen molar-refractivity contribution in [2.24, 2.45) is 0 Å². The topological polar surface area (TPSA) is 74.8 Å². The third-order valence-electron chi connectivity index (χ3n) is 4.71. The number of pyridine rings is 1. The van der Waals surface area contributed by atoms with E-state index < -0.39 is 0 Å². The van der Waals surface area contributed by atoms with Gasteiger partial charge >= 0.3 is 0 Å². The van der Waals surface area contributed by atoms with Gasteiger partial charge in [0.2, 0.25) is 5.91 Å². The van der Waals surface area contributed by atoms with Gasteiger partial charge in [0, 0.05) is 51.4 Å². The van der Waals surface area contributed by atoms with Crippen molar-refractivity contribution in [1.82, 2.24) is 15.2 Å². The summed E-state index contributed by atoms with van der Waals surface area (Å²) in [5, 5.41) is 2.91. The number of piperazine rings is 1. The number of nitrogens with one attached hydrogen (secondary N) is 1. The molecule has 1 aromatic carbocycles. The van der Waals surface area contributed by atoms with Gasteiger partial charge in [-0.3, -0.25) is 14.6 Å². The number of hydrogen-bond acceptors (Lipinski definition) is 5. The second-order valence-electron chi connectivity index (χ2n) is 6.42. The van der Waals surface area contributed by atoms with E-state index in [2.05, 4.69) is 15.2 Å². The van der Waals surface area contributed by atoms with Gasteiger partial charge in [-0.25, -0.2) is 0 Å². The molecule has 1 aliphatic rings. The van der Waals surface area contributed by atoms with E-state index in [9.17, 15) is 9.59 Å². The molecule has 0 bridgehead atoms. The lowest BCUT2D eigenvalue weighted by Gasteiger charge is -2.35. The number of hydrogen-bond donors (Lipinski definition) is 1. The fourth-order valence-electron chi connectivity index (χ4n) is 3.13. The number of ether oxygens (including phenoxy) is 1. The minimum atomic E-state index is -0.183. The maximum absolute atomic E-state index is 12.5. The van der Waals surface area contributed by atoms with Crippen LogP contribution in [0.1, 0.15) is 22.8 Å². The maximum Gasteiger partial charge on any atom is 0.253 e. The molecule has 7 heteroatoms.